The molecule has 0 fully saturated rings. The third-order valence-electron chi connectivity index (χ3n) is 4.44. The second kappa shape index (κ2) is 7.73. The van der Waals surface area contributed by atoms with Gasteiger partial charge in [-0.15, -0.1) is 0 Å². The molecule has 2 aliphatic rings. The largest absolute Gasteiger partial charge is 0.454 e. The van der Waals surface area contributed by atoms with Crippen LogP contribution < -0.4 is 14.8 Å². The first-order chi connectivity index (χ1) is 13.6. The Morgan fingerprint density at radius 2 is 2.18 bits per heavy atom. The van der Waals surface area contributed by atoms with Crippen LogP contribution in [-0.2, 0) is 13.1 Å². The molecule has 0 aromatic heterocycles. The topological polar surface area (TPSA) is 87.0 Å². The van der Waals surface area contributed by atoms with Gasteiger partial charge in [-0.05, 0) is 41.6 Å². The van der Waals surface area contributed by atoms with Crippen molar-refractivity contribution in [1.29, 1.82) is 5.26 Å². The number of hydrogen-bond donors (Lipinski definition) is 1. The van der Waals surface area contributed by atoms with Gasteiger partial charge < -0.3 is 14.4 Å². The molecule has 0 spiro atoms. The van der Waals surface area contributed by atoms with Gasteiger partial charge in [-0.3, -0.25) is 10.1 Å². The Kier molecular flexibility index (Phi) is 5.15. The highest BCUT2D eigenvalue weighted by Gasteiger charge is 2.30. The zero-order chi connectivity index (χ0) is 19.7. The van der Waals surface area contributed by atoms with Crippen molar-refractivity contribution in [3.8, 4) is 17.7 Å². The molecule has 2 aromatic rings. The monoisotopic (exact) mass is 458 g/mol. The van der Waals surface area contributed by atoms with Crippen LogP contribution in [-0.4, -0.2) is 29.0 Å². The molecular formula is C19H15BrN4O3S. The van der Waals surface area contributed by atoms with Gasteiger partial charge in [0.1, 0.15) is 0 Å². The molecule has 2 heterocycles. The van der Waals surface area contributed by atoms with Crippen molar-refractivity contribution in [3.63, 3.8) is 0 Å². The third kappa shape index (κ3) is 3.53. The second-order valence-electron chi connectivity index (χ2n) is 6.16. The summed E-state index contributed by atoms with van der Waals surface area (Å²) in [5.74, 6) is 1.37. The number of ether oxygens (including phenoxy) is 2. The summed E-state index contributed by atoms with van der Waals surface area (Å²) >= 11 is 4.88. The van der Waals surface area contributed by atoms with Crippen LogP contribution in [0.5, 0.6) is 11.5 Å². The zero-order valence-corrected chi connectivity index (χ0v) is 17.3. The molecule has 1 amide bonds. The van der Waals surface area contributed by atoms with E-state index in [1.165, 1.54) is 11.8 Å². The average molecular weight is 459 g/mol. The predicted octanol–water partition coefficient (Wildman–Crippen LogP) is 3.75. The number of aliphatic imine (C=N–C) groups is 1. The molecule has 0 saturated heterocycles. The molecule has 28 heavy (non-hydrogen) atoms. The Balaban J connectivity index is 1.58. The zero-order valence-electron chi connectivity index (χ0n) is 14.9. The van der Waals surface area contributed by atoms with E-state index in [4.69, 9.17) is 14.7 Å². The number of thioether (sulfide) groups is 1. The fraction of sp³-hybridized carbons (Fsp3) is 0.211. The minimum Gasteiger partial charge on any atom is -0.454 e. The third-order valence-corrected chi connectivity index (χ3v) is 5.73. The van der Waals surface area contributed by atoms with Crippen LogP contribution in [0.3, 0.4) is 0 Å². The lowest BCUT2D eigenvalue weighted by Crippen LogP contribution is -2.23. The number of halogens is 1. The van der Waals surface area contributed by atoms with Crippen LogP contribution in [0.25, 0.3) is 0 Å². The van der Waals surface area contributed by atoms with E-state index < -0.39 is 0 Å². The molecule has 0 aliphatic carbocycles. The van der Waals surface area contributed by atoms with Gasteiger partial charge in [-0.1, -0.05) is 33.8 Å². The molecule has 7 nitrogen and oxygen atoms in total. The van der Waals surface area contributed by atoms with Gasteiger partial charge in [0.15, 0.2) is 22.9 Å². The molecule has 0 unspecified atom stereocenters. The summed E-state index contributed by atoms with van der Waals surface area (Å²) in [5.41, 5.74) is 3.13. The highest BCUT2D eigenvalue weighted by Crippen LogP contribution is 2.36. The van der Waals surface area contributed by atoms with Gasteiger partial charge in [0, 0.05) is 23.1 Å². The van der Waals surface area contributed by atoms with Crippen LogP contribution in [0, 0.1) is 11.5 Å². The summed E-state index contributed by atoms with van der Waals surface area (Å²) in [6.07, 6.45) is 3.68. The SMILES string of the molecule is CSC(=Nc1cc(Br)c2c(c1)C(=O)N(Cc1ccc3c(c1)OCO3)C2)NC#N. The van der Waals surface area contributed by atoms with Crippen molar-refractivity contribution in [3.05, 3.63) is 51.5 Å². The molecule has 1 N–H and O–H groups in total. The van der Waals surface area contributed by atoms with Gasteiger partial charge in [0.05, 0.1) is 5.69 Å². The van der Waals surface area contributed by atoms with E-state index in [1.54, 1.807) is 11.0 Å². The maximum absolute atomic E-state index is 12.9. The van der Waals surface area contributed by atoms with Crippen molar-refractivity contribution in [2.45, 2.75) is 13.1 Å². The minimum absolute atomic E-state index is 0.0515. The average Bonchev–Trinajstić information content (AvgIpc) is 3.27. The summed E-state index contributed by atoms with van der Waals surface area (Å²) in [7, 11) is 0. The lowest BCUT2D eigenvalue weighted by atomic mass is 10.1. The number of nitrogens with zero attached hydrogens (tertiary/aromatic N) is 3. The minimum atomic E-state index is -0.0515. The number of nitrogens with one attached hydrogen (secondary N) is 1. The van der Waals surface area contributed by atoms with Crippen molar-refractivity contribution in [1.82, 2.24) is 10.2 Å². The van der Waals surface area contributed by atoms with Crippen LogP contribution in [0.1, 0.15) is 21.5 Å². The normalized spacial score (nSPS) is 14.8. The number of rotatable bonds is 3. The first-order valence-electron chi connectivity index (χ1n) is 8.37. The van der Waals surface area contributed by atoms with E-state index in [0.29, 0.717) is 35.3 Å². The molecule has 0 saturated carbocycles. The highest BCUT2D eigenvalue weighted by molar-refractivity contribution is 9.10. The van der Waals surface area contributed by atoms with Gasteiger partial charge in [0.2, 0.25) is 6.79 Å². The number of benzene rings is 2. The van der Waals surface area contributed by atoms with Crippen LogP contribution in [0.4, 0.5) is 5.69 Å². The molecule has 2 aromatic carbocycles. The van der Waals surface area contributed by atoms with E-state index >= 15 is 0 Å². The fourth-order valence-corrected chi connectivity index (χ4v) is 4.07. The van der Waals surface area contributed by atoms with E-state index in [-0.39, 0.29) is 12.7 Å². The molecule has 0 radical (unpaired) electrons. The number of fused-ring (bicyclic) bond motifs is 2. The number of hydrogen-bond acceptors (Lipinski definition) is 6. The lowest BCUT2D eigenvalue weighted by molar-refractivity contribution is 0.0766. The second-order valence-corrected chi connectivity index (χ2v) is 7.81. The maximum Gasteiger partial charge on any atom is 0.254 e. The van der Waals surface area contributed by atoms with E-state index in [1.807, 2.05) is 36.7 Å². The Morgan fingerprint density at radius 3 is 2.96 bits per heavy atom. The Hall–Kier alpha value is -2.70. The summed E-state index contributed by atoms with van der Waals surface area (Å²) in [6.45, 7) is 1.21. The summed E-state index contributed by atoms with van der Waals surface area (Å²) < 4.78 is 11.6. The molecule has 0 bridgehead atoms. The molecular weight excluding hydrogens is 444 g/mol. The lowest BCUT2D eigenvalue weighted by Gasteiger charge is -2.16. The van der Waals surface area contributed by atoms with Crippen molar-refractivity contribution >= 4 is 44.5 Å². The van der Waals surface area contributed by atoms with E-state index in [2.05, 4.69) is 26.2 Å². The van der Waals surface area contributed by atoms with Gasteiger partial charge in [-0.2, -0.15) is 5.26 Å². The highest BCUT2D eigenvalue weighted by atomic mass is 79.9. The molecule has 4 rings (SSSR count). The van der Waals surface area contributed by atoms with Gasteiger partial charge in [-0.25, -0.2) is 4.99 Å². The van der Waals surface area contributed by atoms with Crippen molar-refractivity contribution < 1.29 is 14.3 Å². The molecule has 142 valence electrons. The molecule has 0 atom stereocenters. The number of carbonyl (C=O) groups excluding carboxylic acids is 1. The first-order valence-corrected chi connectivity index (χ1v) is 10.4. The van der Waals surface area contributed by atoms with Gasteiger partial charge >= 0.3 is 0 Å². The van der Waals surface area contributed by atoms with E-state index in [0.717, 1.165) is 21.3 Å². The van der Waals surface area contributed by atoms with E-state index in [9.17, 15) is 4.79 Å². The number of nitriles is 1. The smallest absolute Gasteiger partial charge is 0.254 e. The summed E-state index contributed by atoms with van der Waals surface area (Å²) in [6, 6.07) is 9.32. The summed E-state index contributed by atoms with van der Waals surface area (Å²) in [4.78, 5) is 19.1. The maximum atomic E-state index is 12.9. The quantitative estimate of drug-likeness (QED) is 0.326. The van der Waals surface area contributed by atoms with Crippen LogP contribution in [0.15, 0.2) is 39.8 Å². The van der Waals surface area contributed by atoms with Crippen molar-refractivity contribution in [2.75, 3.05) is 13.0 Å². The number of amidine groups is 1. The fourth-order valence-electron chi connectivity index (χ4n) is 3.15. The Labute approximate surface area is 174 Å². The standard InChI is InChI=1S/C19H15BrN4O3S/c1-28-19(22-9-21)23-12-5-13-14(15(20)6-12)8-24(18(13)25)7-11-2-3-16-17(4-11)27-10-26-16/h2-6H,7-8,10H2,1H3,(H,22,23). The van der Waals surface area contributed by atoms with Gasteiger partial charge in [0.25, 0.3) is 5.91 Å². The Bertz CT molecular complexity index is 1030. The number of amides is 1. The van der Waals surface area contributed by atoms with Crippen molar-refractivity contribution in [2.24, 2.45) is 4.99 Å². The summed E-state index contributed by atoms with van der Waals surface area (Å²) in [5, 5.41) is 11.8. The van der Waals surface area contributed by atoms with Crippen LogP contribution >= 0.6 is 27.7 Å². The van der Waals surface area contributed by atoms with Crippen LogP contribution in [0.2, 0.25) is 0 Å². The Morgan fingerprint density at radius 1 is 1.36 bits per heavy atom. The molecule has 2 aliphatic heterocycles. The first kappa shape index (κ1) is 18.7. The molecule has 9 heteroatoms. The number of carbonyl (C=O) groups is 1. The predicted molar refractivity (Wildman–Crippen MR) is 110 cm³/mol.